The number of carbonyl (C=O) groups excluding carboxylic acids is 1. The van der Waals surface area contributed by atoms with Gasteiger partial charge in [0, 0.05) is 6.42 Å². The summed E-state index contributed by atoms with van der Waals surface area (Å²) in [5, 5.41) is 0. The van der Waals surface area contributed by atoms with Gasteiger partial charge in [0.25, 0.3) is 0 Å². The summed E-state index contributed by atoms with van der Waals surface area (Å²) >= 11 is 0. The van der Waals surface area contributed by atoms with Gasteiger partial charge in [-0.25, -0.2) is 13.6 Å². The van der Waals surface area contributed by atoms with Crippen LogP contribution in [0.1, 0.15) is 39.5 Å². The monoisotopic (exact) mass is 193 g/mol. The van der Waals surface area contributed by atoms with E-state index in [4.69, 9.17) is 0 Å². The molecule has 0 aromatic rings. The Balaban J connectivity index is 3.86. The Labute approximate surface area is 77.3 Å². The summed E-state index contributed by atoms with van der Waals surface area (Å²) in [6.45, 7) is 3.99. The zero-order valence-electron chi connectivity index (χ0n) is 7.98. The van der Waals surface area contributed by atoms with Crippen LogP contribution in [0.25, 0.3) is 0 Å². The first-order chi connectivity index (χ1) is 5.99. The maximum Gasteiger partial charge on any atom is 0.417 e. The molecule has 1 unspecified atom stereocenters. The SMILES string of the molecule is CCCCC(CC(C)(F)F)O[C]=O. The van der Waals surface area contributed by atoms with Crippen molar-refractivity contribution in [2.24, 2.45) is 0 Å². The van der Waals surface area contributed by atoms with Crippen molar-refractivity contribution in [2.45, 2.75) is 51.6 Å². The lowest BCUT2D eigenvalue weighted by atomic mass is 10.1. The van der Waals surface area contributed by atoms with E-state index >= 15 is 0 Å². The van der Waals surface area contributed by atoms with Crippen LogP contribution in [-0.2, 0) is 9.53 Å². The summed E-state index contributed by atoms with van der Waals surface area (Å²) in [5.74, 6) is -2.78. The Morgan fingerprint density at radius 1 is 1.54 bits per heavy atom. The summed E-state index contributed by atoms with van der Waals surface area (Å²) < 4.78 is 29.5. The lowest BCUT2D eigenvalue weighted by Crippen LogP contribution is -2.23. The van der Waals surface area contributed by atoms with Gasteiger partial charge in [0.05, 0.1) is 0 Å². The molecule has 0 aromatic heterocycles. The van der Waals surface area contributed by atoms with E-state index in [0.717, 1.165) is 19.8 Å². The van der Waals surface area contributed by atoms with Crippen LogP contribution in [0, 0.1) is 0 Å². The number of hydrogen-bond donors (Lipinski definition) is 0. The minimum atomic E-state index is -2.78. The van der Waals surface area contributed by atoms with E-state index in [9.17, 15) is 13.6 Å². The van der Waals surface area contributed by atoms with Crippen LogP contribution >= 0.6 is 0 Å². The highest BCUT2D eigenvalue weighted by atomic mass is 19.3. The molecule has 0 heterocycles. The molecular weight excluding hydrogens is 178 g/mol. The molecule has 1 atom stereocenters. The van der Waals surface area contributed by atoms with Crippen LogP contribution in [0.3, 0.4) is 0 Å². The molecule has 0 rings (SSSR count). The van der Waals surface area contributed by atoms with E-state index < -0.39 is 18.4 Å². The topological polar surface area (TPSA) is 26.3 Å². The highest BCUT2D eigenvalue weighted by molar-refractivity contribution is 5.38. The van der Waals surface area contributed by atoms with E-state index in [1.54, 1.807) is 0 Å². The van der Waals surface area contributed by atoms with Crippen molar-refractivity contribution < 1.29 is 18.3 Å². The Kier molecular flexibility index (Phi) is 5.58. The second kappa shape index (κ2) is 5.89. The van der Waals surface area contributed by atoms with Gasteiger partial charge >= 0.3 is 6.47 Å². The third-order valence-electron chi connectivity index (χ3n) is 1.68. The summed E-state index contributed by atoms with van der Waals surface area (Å²) in [7, 11) is 0. The van der Waals surface area contributed by atoms with Crippen LogP contribution in [0.5, 0.6) is 0 Å². The average Bonchev–Trinajstić information content (AvgIpc) is 1.98. The molecule has 0 spiro atoms. The molecule has 77 valence electrons. The molecule has 0 fully saturated rings. The normalized spacial score (nSPS) is 13.8. The van der Waals surface area contributed by atoms with Crippen LogP contribution in [0.15, 0.2) is 0 Å². The van der Waals surface area contributed by atoms with Crippen LogP contribution in [-0.4, -0.2) is 18.5 Å². The summed E-state index contributed by atoms with van der Waals surface area (Å²) in [5.41, 5.74) is 0. The first-order valence-electron chi connectivity index (χ1n) is 4.40. The van der Waals surface area contributed by atoms with Crippen molar-refractivity contribution in [3.63, 3.8) is 0 Å². The Morgan fingerprint density at radius 3 is 2.54 bits per heavy atom. The summed E-state index contributed by atoms with van der Waals surface area (Å²) in [4.78, 5) is 9.87. The van der Waals surface area contributed by atoms with Gasteiger partial charge in [0.1, 0.15) is 6.10 Å². The van der Waals surface area contributed by atoms with Gasteiger partial charge in [-0.05, 0) is 13.3 Å². The molecule has 1 radical (unpaired) electrons. The number of halogens is 2. The van der Waals surface area contributed by atoms with Gasteiger partial charge in [0.15, 0.2) is 0 Å². The first kappa shape index (κ1) is 12.3. The number of rotatable bonds is 7. The predicted octanol–water partition coefficient (Wildman–Crippen LogP) is 2.67. The van der Waals surface area contributed by atoms with Gasteiger partial charge < -0.3 is 4.74 Å². The third-order valence-corrected chi connectivity index (χ3v) is 1.68. The molecule has 0 amide bonds. The molecule has 13 heavy (non-hydrogen) atoms. The molecule has 0 N–H and O–H groups in total. The molecule has 4 heteroatoms. The van der Waals surface area contributed by atoms with Gasteiger partial charge in [0.2, 0.25) is 5.92 Å². The van der Waals surface area contributed by atoms with Crippen molar-refractivity contribution in [2.75, 3.05) is 0 Å². The summed E-state index contributed by atoms with van der Waals surface area (Å²) in [6.07, 6.45) is 1.05. The molecule has 0 aliphatic carbocycles. The van der Waals surface area contributed by atoms with Crippen LogP contribution in [0.2, 0.25) is 0 Å². The largest absolute Gasteiger partial charge is 0.454 e. The van der Waals surface area contributed by atoms with Gasteiger partial charge in [-0.1, -0.05) is 19.8 Å². The molecule has 0 bridgehead atoms. The molecule has 0 aromatic carbocycles. The molecule has 0 saturated heterocycles. The Hall–Kier alpha value is -0.670. The van der Waals surface area contributed by atoms with Gasteiger partial charge in [-0.3, -0.25) is 0 Å². The lowest BCUT2D eigenvalue weighted by molar-refractivity contribution is -0.0266. The minimum absolute atomic E-state index is 0.414. The predicted molar refractivity (Wildman–Crippen MR) is 45.3 cm³/mol. The fraction of sp³-hybridized carbons (Fsp3) is 0.889. The van der Waals surface area contributed by atoms with E-state index in [1.807, 2.05) is 6.92 Å². The third kappa shape index (κ3) is 7.68. The van der Waals surface area contributed by atoms with Crippen LogP contribution < -0.4 is 0 Å². The number of hydrogen-bond acceptors (Lipinski definition) is 2. The van der Waals surface area contributed by atoms with E-state index in [0.29, 0.717) is 6.42 Å². The number of ether oxygens (including phenoxy) is 1. The smallest absolute Gasteiger partial charge is 0.417 e. The average molecular weight is 193 g/mol. The number of unbranched alkanes of at least 4 members (excludes halogenated alkanes) is 1. The maximum absolute atomic E-state index is 12.5. The van der Waals surface area contributed by atoms with Gasteiger partial charge in [-0.2, -0.15) is 0 Å². The lowest BCUT2D eigenvalue weighted by Gasteiger charge is -2.18. The maximum atomic E-state index is 12.5. The van der Waals surface area contributed by atoms with E-state index in [1.165, 1.54) is 6.47 Å². The van der Waals surface area contributed by atoms with Gasteiger partial charge in [-0.15, -0.1) is 0 Å². The second-order valence-corrected chi connectivity index (χ2v) is 3.24. The van der Waals surface area contributed by atoms with Crippen molar-refractivity contribution in [3.8, 4) is 0 Å². The Bertz CT molecular complexity index is 143. The highest BCUT2D eigenvalue weighted by Crippen LogP contribution is 2.22. The molecule has 0 saturated carbocycles. The summed E-state index contributed by atoms with van der Waals surface area (Å²) in [6, 6.07) is 0. The van der Waals surface area contributed by atoms with Crippen molar-refractivity contribution in [3.05, 3.63) is 0 Å². The van der Waals surface area contributed by atoms with E-state index in [-0.39, 0.29) is 0 Å². The molecule has 0 aliphatic heterocycles. The molecule has 0 aliphatic rings. The fourth-order valence-electron chi connectivity index (χ4n) is 1.10. The second-order valence-electron chi connectivity index (χ2n) is 3.24. The van der Waals surface area contributed by atoms with Crippen molar-refractivity contribution in [1.82, 2.24) is 0 Å². The molecule has 2 nitrogen and oxygen atoms in total. The number of alkyl halides is 2. The van der Waals surface area contributed by atoms with Crippen molar-refractivity contribution in [1.29, 1.82) is 0 Å². The Morgan fingerprint density at radius 2 is 2.15 bits per heavy atom. The van der Waals surface area contributed by atoms with Crippen molar-refractivity contribution >= 4 is 6.47 Å². The highest BCUT2D eigenvalue weighted by Gasteiger charge is 2.27. The zero-order chi connectivity index (χ0) is 10.3. The quantitative estimate of drug-likeness (QED) is 0.621. The fourth-order valence-corrected chi connectivity index (χ4v) is 1.10. The molecular formula is C9H15F2O2. The standard InChI is InChI=1S/C9H15F2O2/c1-3-4-5-8(13-7-12)6-9(2,10)11/h8H,3-6H2,1-2H3. The first-order valence-corrected chi connectivity index (χ1v) is 4.40. The zero-order valence-corrected chi connectivity index (χ0v) is 7.98. The minimum Gasteiger partial charge on any atom is -0.454 e. The van der Waals surface area contributed by atoms with E-state index in [2.05, 4.69) is 4.74 Å². The van der Waals surface area contributed by atoms with Crippen LogP contribution in [0.4, 0.5) is 8.78 Å².